The smallest absolute Gasteiger partial charge is 0.347 e. The first kappa shape index (κ1) is 22.7. The molecule has 0 bridgehead atoms. The maximum atomic E-state index is 13.5. The second-order valence-corrected chi connectivity index (χ2v) is 10.2. The number of para-hydroxylation sites is 1. The maximum Gasteiger partial charge on any atom is 0.347 e. The van der Waals surface area contributed by atoms with Crippen molar-refractivity contribution >= 4 is 35.0 Å². The molecule has 11 heteroatoms. The predicted octanol–water partition coefficient (Wildman–Crippen LogP) is 1.40. The molecule has 3 aliphatic rings. The van der Waals surface area contributed by atoms with E-state index < -0.39 is 44.9 Å². The van der Waals surface area contributed by atoms with Crippen LogP contribution in [0.15, 0.2) is 52.1 Å². The number of hydrogen-bond donors (Lipinski definition) is 1. The lowest BCUT2D eigenvalue weighted by atomic mass is 9.64. The summed E-state index contributed by atoms with van der Waals surface area (Å²) in [5.74, 6) is -2.50. The van der Waals surface area contributed by atoms with Crippen molar-refractivity contribution in [3.63, 3.8) is 0 Å². The van der Waals surface area contributed by atoms with Crippen LogP contribution >= 0.6 is 23.2 Å². The molecule has 0 spiro atoms. The standard InChI is InChI=1S/C23H22Cl2N4O5/c1-4-6-12-7-5-8-14(17(12)30)16-13-9-10-28-20(33)27(3)21(34)29(28)15(13)11-22(24)18(31)26(2)19(32)23(16,22)25/h4-5,7-9,15-16,30H,1,6,10-11H2,2-3H3/t15-,16-,22-,23+/m1/s1. The Morgan fingerprint density at radius 1 is 1.15 bits per heavy atom. The maximum absolute atomic E-state index is 13.5. The summed E-state index contributed by atoms with van der Waals surface area (Å²) in [6.45, 7) is 3.77. The topological polar surface area (TPSA) is 107 Å². The number of halogens is 2. The zero-order valence-corrected chi connectivity index (χ0v) is 20.0. The number of imide groups is 1. The van der Waals surface area contributed by atoms with Gasteiger partial charge in [0, 0.05) is 32.0 Å². The van der Waals surface area contributed by atoms with Crippen molar-refractivity contribution in [3.05, 3.63) is 74.6 Å². The van der Waals surface area contributed by atoms with Crippen molar-refractivity contribution < 1.29 is 14.7 Å². The molecule has 2 aromatic rings. The largest absolute Gasteiger partial charge is 0.507 e. The van der Waals surface area contributed by atoms with Crippen molar-refractivity contribution in [2.75, 3.05) is 7.05 Å². The molecule has 1 aromatic heterocycles. The fourth-order valence-electron chi connectivity index (χ4n) is 5.62. The predicted molar refractivity (Wildman–Crippen MR) is 125 cm³/mol. The summed E-state index contributed by atoms with van der Waals surface area (Å²) in [6.07, 6.45) is 3.55. The van der Waals surface area contributed by atoms with Crippen LogP contribution in [0.2, 0.25) is 0 Å². The van der Waals surface area contributed by atoms with E-state index in [4.69, 9.17) is 23.2 Å². The zero-order chi connectivity index (χ0) is 24.7. The minimum absolute atomic E-state index is 0.0601. The molecular formula is C23H22Cl2N4O5. The van der Waals surface area contributed by atoms with Gasteiger partial charge in [-0.1, -0.05) is 30.4 Å². The molecular weight excluding hydrogens is 483 g/mol. The number of benzene rings is 1. The molecule has 34 heavy (non-hydrogen) atoms. The third-order valence-corrected chi connectivity index (χ3v) is 8.71. The molecule has 1 aromatic carbocycles. The number of likely N-dealkylation sites (tertiary alicyclic amines) is 1. The van der Waals surface area contributed by atoms with Crippen LogP contribution in [-0.2, 0) is 29.6 Å². The Hall–Kier alpha value is -3.04. The molecule has 9 nitrogen and oxygen atoms in total. The SMILES string of the molecule is C=CCc1cccc([C@H]2C3=CCn4c(=O)n(C)c(=O)n4[C@@H]3C[C@@]3(Cl)C(=O)N(C)C(=O)[C@@]23Cl)c1O. The number of carbonyl (C=O) groups excluding carboxylic acids is 2. The Morgan fingerprint density at radius 2 is 1.85 bits per heavy atom. The van der Waals surface area contributed by atoms with Gasteiger partial charge < -0.3 is 5.11 Å². The lowest BCUT2D eigenvalue weighted by molar-refractivity contribution is -0.137. The van der Waals surface area contributed by atoms with E-state index in [1.54, 1.807) is 30.4 Å². The summed E-state index contributed by atoms with van der Waals surface area (Å²) in [5.41, 5.74) is 0.333. The van der Waals surface area contributed by atoms with E-state index in [-0.39, 0.29) is 18.7 Å². The molecule has 3 heterocycles. The summed E-state index contributed by atoms with van der Waals surface area (Å²) in [7, 11) is 2.68. The summed E-state index contributed by atoms with van der Waals surface area (Å²) in [5, 5.41) is 11.2. The quantitative estimate of drug-likeness (QED) is 0.386. The molecule has 178 valence electrons. The fourth-order valence-corrected chi connectivity index (χ4v) is 6.62. The molecule has 2 fully saturated rings. The Bertz CT molecular complexity index is 1440. The van der Waals surface area contributed by atoms with E-state index >= 15 is 0 Å². The van der Waals surface area contributed by atoms with Crippen LogP contribution < -0.4 is 11.4 Å². The highest BCUT2D eigenvalue weighted by molar-refractivity contribution is 6.53. The second-order valence-electron chi connectivity index (χ2n) is 8.94. The average Bonchev–Trinajstić information content (AvgIpc) is 3.11. The van der Waals surface area contributed by atoms with Gasteiger partial charge in [0.05, 0.1) is 12.6 Å². The number of amides is 2. The highest BCUT2D eigenvalue weighted by Crippen LogP contribution is 2.64. The third-order valence-electron chi connectivity index (χ3n) is 7.30. The molecule has 1 saturated heterocycles. The van der Waals surface area contributed by atoms with E-state index in [0.29, 0.717) is 23.1 Å². The van der Waals surface area contributed by atoms with Crippen molar-refractivity contribution in [3.8, 4) is 5.75 Å². The van der Waals surface area contributed by atoms with Gasteiger partial charge in [-0.3, -0.25) is 14.5 Å². The number of fused-ring (bicyclic) bond motifs is 4. The van der Waals surface area contributed by atoms with Crippen LogP contribution in [0, 0.1) is 0 Å². The Morgan fingerprint density at radius 3 is 2.53 bits per heavy atom. The van der Waals surface area contributed by atoms with Gasteiger partial charge in [-0.15, -0.1) is 29.8 Å². The Labute approximate surface area is 204 Å². The number of allylic oxidation sites excluding steroid dienone is 3. The molecule has 4 atom stereocenters. The van der Waals surface area contributed by atoms with Crippen molar-refractivity contribution in [2.24, 2.45) is 7.05 Å². The van der Waals surface area contributed by atoms with Gasteiger partial charge in [-0.05, 0) is 17.6 Å². The van der Waals surface area contributed by atoms with Crippen molar-refractivity contribution in [1.82, 2.24) is 18.8 Å². The van der Waals surface area contributed by atoms with Gasteiger partial charge in [0.1, 0.15) is 5.75 Å². The number of nitrogens with zero attached hydrogens (tertiary/aromatic N) is 4. The normalized spacial score (nSPS) is 30.0. The zero-order valence-electron chi connectivity index (χ0n) is 18.5. The van der Waals surface area contributed by atoms with Gasteiger partial charge >= 0.3 is 11.4 Å². The monoisotopic (exact) mass is 504 g/mol. The van der Waals surface area contributed by atoms with Crippen LogP contribution in [0.3, 0.4) is 0 Å². The van der Waals surface area contributed by atoms with Crippen LogP contribution in [0.4, 0.5) is 0 Å². The van der Waals surface area contributed by atoms with Gasteiger partial charge in [0.15, 0.2) is 9.75 Å². The van der Waals surface area contributed by atoms with Gasteiger partial charge in [-0.25, -0.2) is 23.5 Å². The van der Waals surface area contributed by atoms with Crippen LogP contribution in [0.1, 0.15) is 29.5 Å². The molecule has 1 N–H and O–H groups in total. The first-order valence-electron chi connectivity index (χ1n) is 10.7. The van der Waals surface area contributed by atoms with Crippen molar-refractivity contribution in [1.29, 1.82) is 0 Å². The summed E-state index contributed by atoms with van der Waals surface area (Å²) >= 11 is 14.1. The number of carbonyl (C=O) groups is 2. The average molecular weight is 505 g/mol. The number of phenols is 1. The van der Waals surface area contributed by atoms with E-state index in [0.717, 1.165) is 9.47 Å². The van der Waals surface area contributed by atoms with Gasteiger partial charge in [-0.2, -0.15) is 0 Å². The number of alkyl halides is 2. The number of hydrogen-bond acceptors (Lipinski definition) is 5. The lowest BCUT2D eigenvalue weighted by Crippen LogP contribution is -2.59. The highest BCUT2D eigenvalue weighted by Gasteiger charge is 2.75. The number of aromatic hydroxyl groups is 1. The van der Waals surface area contributed by atoms with Crippen LogP contribution in [0.25, 0.3) is 0 Å². The van der Waals surface area contributed by atoms with E-state index in [1.807, 2.05) is 0 Å². The van der Waals surface area contributed by atoms with E-state index in [2.05, 4.69) is 6.58 Å². The first-order valence-corrected chi connectivity index (χ1v) is 11.5. The Kier molecular flexibility index (Phi) is 4.83. The van der Waals surface area contributed by atoms with Crippen LogP contribution in [-0.4, -0.2) is 52.5 Å². The molecule has 5 rings (SSSR count). The third kappa shape index (κ3) is 2.51. The van der Waals surface area contributed by atoms with Gasteiger partial charge in [0.25, 0.3) is 11.8 Å². The molecule has 1 saturated carbocycles. The summed E-state index contributed by atoms with van der Waals surface area (Å²) in [4.78, 5) is 49.4. The number of phenolic OH excluding ortho intramolecular Hbond substituents is 1. The number of rotatable bonds is 3. The molecule has 2 amide bonds. The fraction of sp³-hybridized carbons (Fsp3) is 0.391. The minimum Gasteiger partial charge on any atom is -0.507 e. The van der Waals surface area contributed by atoms with E-state index in [9.17, 15) is 24.3 Å². The highest BCUT2D eigenvalue weighted by atomic mass is 35.5. The van der Waals surface area contributed by atoms with Crippen molar-refractivity contribution in [2.45, 2.75) is 41.1 Å². The molecule has 0 unspecified atom stereocenters. The lowest BCUT2D eigenvalue weighted by Gasteiger charge is -2.49. The van der Waals surface area contributed by atoms with Crippen LogP contribution in [0.5, 0.6) is 5.75 Å². The van der Waals surface area contributed by atoms with Gasteiger partial charge in [0.2, 0.25) is 0 Å². The Balaban J connectivity index is 1.83. The van der Waals surface area contributed by atoms with E-state index in [1.165, 1.54) is 23.5 Å². The summed E-state index contributed by atoms with van der Waals surface area (Å²) in [6, 6.07) is 4.24. The molecule has 1 aliphatic carbocycles. The molecule has 2 aliphatic heterocycles. The second kappa shape index (κ2) is 7.23. The molecule has 0 radical (unpaired) electrons. The number of aromatic nitrogens is 3. The first-order chi connectivity index (χ1) is 16.0. The minimum atomic E-state index is -1.95. The summed E-state index contributed by atoms with van der Waals surface area (Å²) < 4.78 is 3.52.